The largest absolute Gasteiger partial charge is 0.349 e. The molecule has 2 aromatic rings. The fraction of sp³-hybridized carbons (Fsp3) is 0.350. The predicted octanol–water partition coefficient (Wildman–Crippen LogP) is 3.23. The van der Waals surface area contributed by atoms with Crippen molar-refractivity contribution in [3.05, 3.63) is 71.5 Å². The Balaban J connectivity index is 1.79. The van der Waals surface area contributed by atoms with Gasteiger partial charge in [-0.1, -0.05) is 48.5 Å². The average molecular weight is 326 g/mol. The van der Waals surface area contributed by atoms with Gasteiger partial charge in [-0.2, -0.15) is 0 Å². The van der Waals surface area contributed by atoms with E-state index in [0.717, 1.165) is 24.9 Å². The fourth-order valence-corrected chi connectivity index (χ4v) is 3.21. The van der Waals surface area contributed by atoms with E-state index in [1.807, 2.05) is 36.4 Å². The van der Waals surface area contributed by atoms with Gasteiger partial charge in [0.15, 0.2) is 0 Å². The molecule has 1 aliphatic heterocycles. The Labute approximate surface area is 142 Å². The van der Waals surface area contributed by atoms with Crippen LogP contribution >= 0.6 is 0 Å². The number of carbonyl (C=O) groups is 1. The molecule has 1 heterocycles. The van der Waals surface area contributed by atoms with Crippen LogP contribution in [-0.4, -0.2) is 19.0 Å². The topological polar surface area (TPSA) is 41.1 Å². The fourth-order valence-electron chi connectivity index (χ4n) is 3.21. The zero-order chi connectivity index (χ0) is 16.8. The number of halogens is 1. The van der Waals surface area contributed by atoms with Crippen molar-refractivity contribution < 1.29 is 9.18 Å². The lowest BCUT2D eigenvalue weighted by molar-refractivity contribution is -0.126. The van der Waals surface area contributed by atoms with Crippen molar-refractivity contribution in [3.63, 3.8) is 0 Å². The lowest BCUT2D eigenvalue weighted by atomic mass is 9.95. The first-order valence-corrected chi connectivity index (χ1v) is 8.53. The number of hydrogen-bond acceptors (Lipinski definition) is 2. The summed E-state index contributed by atoms with van der Waals surface area (Å²) in [4.78, 5) is 12.6. The summed E-state index contributed by atoms with van der Waals surface area (Å²) in [6, 6.07) is 16.2. The van der Waals surface area contributed by atoms with Crippen LogP contribution in [0.3, 0.4) is 0 Å². The van der Waals surface area contributed by atoms with E-state index in [-0.39, 0.29) is 23.7 Å². The highest BCUT2D eigenvalue weighted by Gasteiger charge is 2.25. The summed E-state index contributed by atoms with van der Waals surface area (Å²) < 4.78 is 14.3. The third-order valence-electron chi connectivity index (χ3n) is 4.55. The predicted molar refractivity (Wildman–Crippen MR) is 93.0 cm³/mol. The molecule has 0 bridgehead atoms. The summed E-state index contributed by atoms with van der Waals surface area (Å²) >= 11 is 0. The van der Waals surface area contributed by atoms with Gasteiger partial charge in [0, 0.05) is 12.1 Å². The van der Waals surface area contributed by atoms with Crippen LogP contribution in [0, 0.1) is 11.7 Å². The summed E-state index contributed by atoms with van der Waals surface area (Å²) in [5, 5.41) is 6.33. The van der Waals surface area contributed by atoms with Crippen molar-refractivity contribution in [2.24, 2.45) is 5.92 Å². The molecular formula is C20H23FN2O. The smallest absolute Gasteiger partial charge is 0.224 e. The molecule has 2 unspecified atom stereocenters. The molecule has 0 aromatic heterocycles. The van der Waals surface area contributed by atoms with Crippen molar-refractivity contribution in [2.75, 3.05) is 13.1 Å². The van der Waals surface area contributed by atoms with Crippen molar-refractivity contribution >= 4 is 5.91 Å². The highest BCUT2D eigenvalue weighted by molar-refractivity contribution is 5.79. The standard InChI is InChI=1S/C20H23FN2O/c21-18-11-5-4-10-17(18)19(13-15-7-2-1-3-8-15)23-20(24)16-9-6-12-22-14-16/h1-5,7-8,10-11,16,19,22H,6,9,12-14H2,(H,23,24). The molecule has 2 atom stereocenters. The number of hydrogen-bond donors (Lipinski definition) is 2. The number of amides is 1. The van der Waals surface area contributed by atoms with E-state index in [9.17, 15) is 9.18 Å². The normalized spacial score (nSPS) is 18.8. The quantitative estimate of drug-likeness (QED) is 0.886. The highest BCUT2D eigenvalue weighted by atomic mass is 19.1. The van der Waals surface area contributed by atoms with E-state index in [4.69, 9.17) is 0 Å². The Hall–Kier alpha value is -2.20. The molecule has 126 valence electrons. The monoisotopic (exact) mass is 326 g/mol. The lowest BCUT2D eigenvalue weighted by Gasteiger charge is -2.26. The Morgan fingerprint density at radius 1 is 1.17 bits per heavy atom. The molecule has 24 heavy (non-hydrogen) atoms. The Kier molecular flexibility index (Phi) is 5.59. The molecule has 0 radical (unpaired) electrons. The Morgan fingerprint density at radius 3 is 2.62 bits per heavy atom. The first kappa shape index (κ1) is 16.7. The zero-order valence-electron chi connectivity index (χ0n) is 13.7. The molecule has 2 aromatic carbocycles. The van der Waals surface area contributed by atoms with Crippen LogP contribution in [0.15, 0.2) is 54.6 Å². The molecule has 0 aliphatic carbocycles. The van der Waals surface area contributed by atoms with Crippen LogP contribution in [-0.2, 0) is 11.2 Å². The number of carbonyl (C=O) groups excluding carboxylic acids is 1. The molecule has 3 nitrogen and oxygen atoms in total. The highest BCUT2D eigenvalue weighted by Crippen LogP contribution is 2.22. The van der Waals surface area contributed by atoms with E-state index < -0.39 is 0 Å². The van der Waals surface area contributed by atoms with Gasteiger partial charge in [-0.25, -0.2) is 4.39 Å². The van der Waals surface area contributed by atoms with E-state index in [2.05, 4.69) is 10.6 Å². The first-order valence-electron chi connectivity index (χ1n) is 8.53. The van der Waals surface area contributed by atoms with Gasteiger partial charge in [0.2, 0.25) is 5.91 Å². The van der Waals surface area contributed by atoms with Gasteiger partial charge in [0.1, 0.15) is 5.82 Å². The van der Waals surface area contributed by atoms with Gasteiger partial charge in [0.05, 0.1) is 12.0 Å². The maximum absolute atomic E-state index is 14.3. The average Bonchev–Trinajstić information content (AvgIpc) is 2.63. The van der Waals surface area contributed by atoms with Gasteiger partial charge in [-0.15, -0.1) is 0 Å². The molecule has 0 saturated carbocycles. The van der Waals surface area contributed by atoms with E-state index in [0.29, 0.717) is 18.5 Å². The summed E-state index contributed by atoms with van der Waals surface area (Å²) in [6.07, 6.45) is 2.46. The van der Waals surface area contributed by atoms with Gasteiger partial charge < -0.3 is 10.6 Å². The Morgan fingerprint density at radius 2 is 1.92 bits per heavy atom. The van der Waals surface area contributed by atoms with Gasteiger partial charge in [0.25, 0.3) is 0 Å². The van der Waals surface area contributed by atoms with Crippen LogP contribution in [0.2, 0.25) is 0 Å². The minimum absolute atomic E-state index is 0.00591. The second-order valence-electron chi connectivity index (χ2n) is 6.32. The summed E-state index contributed by atoms with van der Waals surface area (Å²) in [7, 11) is 0. The second-order valence-corrected chi connectivity index (χ2v) is 6.32. The molecule has 1 aliphatic rings. The summed E-state index contributed by atoms with van der Waals surface area (Å²) in [5.74, 6) is -0.310. The molecule has 2 N–H and O–H groups in total. The third kappa shape index (κ3) is 4.20. The maximum Gasteiger partial charge on any atom is 0.224 e. The summed E-state index contributed by atoms with van der Waals surface area (Å²) in [6.45, 7) is 1.66. The lowest BCUT2D eigenvalue weighted by Crippen LogP contribution is -2.42. The number of piperidine rings is 1. The second kappa shape index (κ2) is 8.06. The van der Waals surface area contributed by atoms with Gasteiger partial charge in [-0.05, 0) is 37.4 Å². The number of nitrogens with one attached hydrogen (secondary N) is 2. The molecule has 1 amide bonds. The van der Waals surface area contributed by atoms with E-state index in [1.54, 1.807) is 12.1 Å². The first-order chi connectivity index (χ1) is 11.7. The van der Waals surface area contributed by atoms with Crippen LogP contribution in [0.5, 0.6) is 0 Å². The molecule has 1 fully saturated rings. The van der Waals surface area contributed by atoms with Crippen molar-refractivity contribution in [2.45, 2.75) is 25.3 Å². The van der Waals surface area contributed by atoms with Crippen molar-refractivity contribution in [3.8, 4) is 0 Å². The minimum atomic E-state index is -0.358. The summed E-state index contributed by atoms with van der Waals surface area (Å²) in [5.41, 5.74) is 1.62. The Bertz CT molecular complexity index is 668. The van der Waals surface area contributed by atoms with Crippen LogP contribution in [0.25, 0.3) is 0 Å². The van der Waals surface area contributed by atoms with Crippen molar-refractivity contribution in [1.29, 1.82) is 0 Å². The molecular weight excluding hydrogens is 303 g/mol. The van der Waals surface area contributed by atoms with E-state index in [1.165, 1.54) is 6.07 Å². The van der Waals surface area contributed by atoms with Crippen molar-refractivity contribution in [1.82, 2.24) is 10.6 Å². The SMILES string of the molecule is O=C(NC(Cc1ccccc1)c1ccccc1F)C1CCCNC1. The molecule has 1 saturated heterocycles. The van der Waals surface area contributed by atoms with Crippen LogP contribution in [0.4, 0.5) is 4.39 Å². The van der Waals surface area contributed by atoms with Gasteiger partial charge in [-0.3, -0.25) is 4.79 Å². The number of benzene rings is 2. The van der Waals surface area contributed by atoms with Crippen LogP contribution < -0.4 is 10.6 Å². The zero-order valence-corrected chi connectivity index (χ0v) is 13.7. The minimum Gasteiger partial charge on any atom is -0.349 e. The third-order valence-corrected chi connectivity index (χ3v) is 4.55. The van der Waals surface area contributed by atoms with Gasteiger partial charge >= 0.3 is 0 Å². The van der Waals surface area contributed by atoms with Crippen LogP contribution in [0.1, 0.15) is 30.0 Å². The van der Waals surface area contributed by atoms with E-state index >= 15 is 0 Å². The maximum atomic E-state index is 14.3. The molecule has 4 heteroatoms. The number of rotatable bonds is 5. The molecule has 3 rings (SSSR count). The molecule has 0 spiro atoms.